The van der Waals surface area contributed by atoms with E-state index >= 15 is 0 Å². The highest BCUT2D eigenvalue weighted by Gasteiger charge is 2.34. The second-order valence-electron chi connectivity index (χ2n) is 4.91. The molecule has 0 N–H and O–H groups in total. The van der Waals surface area contributed by atoms with Crippen LogP contribution < -0.4 is 4.74 Å². The molecule has 1 aromatic carbocycles. The van der Waals surface area contributed by atoms with Crippen LogP contribution in [0.25, 0.3) is 0 Å². The fraction of sp³-hybridized carbons (Fsp3) is 0.467. The highest BCUT2D eigenvalue weighted by Crippen LogP contribution is 2.27. The maximum Gasteiger partial charge on any atom is 0.410 e. The molecule has 0 bridgehead atoms. The number of carbonyl (C=O) groups is 2. The number of likely N-dealkylation sites (tertiary alicyclic amines) is 1. The van der Waals surface area contributed by atoms with E-state index in [4.69, 9.17) is 9.47 Å². The van der Waals surface area contributed by atoms with Crippen LogP contribution in [-0.2, 0) is 16.0 Å². The van der Waals surface area contributed by atoms with Crippen molar-refractivity contribution in [2.45, 2.75) is 25.3 Å². The molecule has 6 heteroatoms. The van der Waals surface area contributed by atoms with Gasteiger partial charge in [0.2, 0.25) is 0 Å². The monoisotopic (exact) mass is 355 g/mol. The van der Waals surface area contributed by atoms with Crippen molar-refractivity contribution in [3.63, 3.8) is 0 Å². The van der Waals surface area contributed by atoms with E-state index in [-0.39, 0.29) is 5.78 Å². The lowest BCUT2D eigenvalue weighted by Gasteiger charge is -2.33. The van der Waals surface area contributed by atoms with Crippen molar-refractivity contribution in [2.24, 2.45) is 0 Å². The lowest BCUT2D eigenvalue weighted by Crippen LogP contribution is -2.50. The lowest BCUT2D eigenvalue weighted by atomic mass is 9.94. The minimum atomic E-state index is -0.477. The van der Waals surface area contributed by atoms with Gasteiger partial charge >= 0.3 is 6.09 Å². The molecule has 1 aromatic rings. The van der Waals surface area contributed by atoms with Gasteiger partial charge in [-0.3, -0.25) is 9.69 Å². The summed E-state index contributed by atoms with van der Waals surface area (Å²) in [6, 6.07) is 5.12. The standard InChI is InChI=1S/C15H18BrNO4/c1-20-11-5-6-12(16)10(8-11)9-13-14(18)4-3-7-17(13)15(19)21-2/h5-6,8,13H,3-4,7,9H2,1-2H3. The molecular formula is C15H18BrNO4. The first-order valence-electron chi connectivity index (χ1n) is 6.76. The van der Waals surface area contributed by atoms with Gasteiger partial charge in [-0.25, -0.2) is 4.79 Å². The van der Waals surface area contributed by atoms with Gasteiger partial charge in [0.15, 0.2) is 5.78 Å². The van der Waals surface area contributed by atoms with Crippen LogP contribution in [0.5, 0.6) is 5.75 Å². The molecule has 1 saturated heterocycles. The summed E-state index contributed by atoms with van der Waals surface area (Å²) in [6.45, 7) is 0.546. The first-order chi connectivity index (χ1) is 10.1. The Labute approximate surface area is 132 Å². The van der Waals surface area contributed by atoms with Crippen LogP contribution in [0.4, 0.5) is 4.79 Å². The maximum atomic E-state index is 12.2. The Bertz CT molecular complexity index is 546. The Morgan fingerprint density at radius 2 is 2.19 bits per heavy atom. The average molecular weight is 356 g/mol. The van der Waals surface area contributed by atoms with E-state index in [1.54, 1.807) is 7.11 Å². The van der Waals surface area contributed by atoms with E-state index < -0.39 is 12.1 Å². The molecule has 2 rings (SSSR count). The van der Waals surface area contributed by atoms with Crippen LogP contribution in [0.1, 0.15) is 18.4 Å². The van der Waals surface area contributed by atoms with Crippen molar-refractivity contribution in [3.8, 4) is 5.75 Å². The summed E-state index contributed by atoms with van der Waals surface area (Å²) < 4.78 is 10.9. The molecule has 0 aliphatic carbocycles. The zero-order valence-electron chi connectivity index (χ0n) is 12.1. The fourth-order valence-corrected chi connectivity index (χ4v) is 2.93. The van der Waals surface area contributed by atoms with Crippen LogP contribution in [0, 0.1) is 0 Å². The van der Waals surface area contributed by atoms with Crippen LogP contribution in [0.15, 0.2) is 22.7 Å². The third kappa shape index (κ3) is 3.56. The Balaban J connectivity index is 2.25. The lowest BCUT2D eigenvalue weighted by molar-refractivity contribution is -0.126. The quantitative estimate of drug-likeness (QED) is 0.836. The number of ether oxygens (including phenoxy) is 2. The van der Waals surface area contributed by atoms with E-state index in [9.17, 15) is 9.59 Å². The number of rotatable bonds is 3. The smallest absolute Gasteiger partial charge is 0.410 e. The molecule has 5 nitrogen and oxygen atoms in total. The second kappa shape index (κ2) is 6.93. The van der Waals surface area contributed by atoms with Gasteiger partial charge < -0.3 is 9.47 Å². The number of ketones is 1. The molecule has 1 atom stereocenters. The molecule has 1 aliphatic rings. The molecule has 0 aromatic heterocycles. The van der Waals surface area contributed by atoms with E-state index in [1.807, 2.05) is 18.2 Å². The average Bonchev–Trinajstić information content (AvgIpc) is 2.50. The second-order valence-corrected chi connectivity index (χ2v) is 5.76. The van der Waals surface area contributed by atoms with Crippen molar-refractivity contribution in [3.05, 3.63) is 28.2 Å². The van der Waals surface area contributed by atoms with Gasteiger partial charge in [0.05, 0.1) is 20.3 Å². The number of Topliss-reactive ketones (excluding diaryl/α,β-unsaturated/α-hetero) is 1. The summed E-state index contributed by atoms with van der Waals surface area (Å²) in [5, 5.41) is 0. The topological polar surface area (TPSA) is 55.8 Å². The molecule has 114 valence electrons. The first-order valence-corrected chi connectivity index (χ1v) is 7.56. The zero-order valence-corrected chi connectivity index (χ0v) is 13.7. The molecular weight excluding hydrogens is 338 g/mol. The molecule has 0 radical (unpaired) electrons. The largest absolute Gasteiger partial charge is 0.497 e. The highest BCUT2D eigenvalue weighted by molar-refractivity contribution is 9.10. The number of methoxy groups -OCH3 is 2. The summed E-state index contributed by atoms with van der Waals surface area (Å²) in [6.07, 6.45) is 1.18. The number of hydrogen-bond donors (Lipinski definition) is 0. The number of benzene rings is 1. The van der Waals surface area contributed by atoms with Crippen LogP contribution in [-0.4, -0.2) is 43.6 Å². The van der Waals surface area contributed by atoms with Crippen molar-refractivity contribution in [1.29, 1.82) is 0 Å². The Morgan fingerprint density at radius 1 is 1.43 bits per heavy atom. The van der Waals surface area contributed by atoms with Gasteiger partial charge in [-0.1, -0.05) is 15.9 Å². The molecule has 1 fully saturated rings. The van der Waals surface area contributed by atoms with E-state index in [0.717, 1.165) is 15.8 Å². The van der Waals surface area contributed by atoms with Crippen molar-refractivity contribution >= 4 is 27.8 Å². The summed E-state index contributed by atoms with van der Waals surface area (Å²) >= 11 is 3.48. The maximum absolute atomic E-state index is 12.2. The number of carbonyl (C=O) groups excluding carboxylic acids is 2. The predicted octanol–water partition coefficient (Wildman–Crippen LogP) is 2.80. The SMILES string of the molecule is COC(=O)N1CCCC(=O)C1Cc1cc(OC)ccc1Br. The van der Waals surface area contributed by atoms with Gasteiger partial charge in [0.25, 0.3) is 0 Å². The van der Waals surface area contributed by atoms with Crippen molar-refractivity contribution < 1.29 is 19.1 Å². The van der Waals surface area contributed by atoms with Crippen molar-refractivity contribution in [2.75, 3.05) is 20.8 Å². The molecule has 1 aliphatic heterocycles. The van der Waals surface area contributed by atoms with E-state index in [1.165, 1.54) is 12.0 Å². The molecule has 21 heavy (non-hydrogen) atoms. The first kappa shape index (κ1) is 15.8. The van der Waals surface area contributed by atoms with Gasteiger partial charge in [-0.05, 0) is 30.2 Å². The molecule has 1 unspecified atom stereocenters. The Kier molecular flexibility index (Phi) is 5.22. The normalized spacial score (nSPS) is 18.5. The number of piperidine rings is 1. The summed E-state index contributed by atoms with van der Waals surface area (Å²) in [4.78, 5) is 25.5. The Morgan fingerprint density at radius 3 is 2.86 bits per heavy atom. The summed E-state index contributed by atoms with van der Waals surface area (Å²) in [5.41, 5.74) is 0.934. The molecule has 0 spiro atoms. The molecule has 1 heterocycles. The fourth-order valence-electron chi connectivity index (χ4n) is 2.52. The highest BCUT2D eigenvalue weighted by atomic mass is 79.9. The third-order valence-electron chi connectivity index (χ3n) is 3.65. The number of halogens is 1. The van der Waals surface area contributed by atoms with Crippen LogP contribution in [0.3, 0.4) is 0 Å². The predicted molar refractivity (Wildman–Crippen MR) is 81.5 cm³/mol. The third-order valence-corrected chi connectivity index (χ3v) is 4.42. The van der Waals surface area contributed by atoms with Crippen molar-refractivity contribution in [1.82, 2.24) is 4.90 Å². The van der Waals surface area contributed by atoms with Crippen LogP contribution >= 0.6 is 15.9 Å². The minimum Gasteiger partial charge on any atom is -0.497 e. The van der Waals surface area contributed by atoms with E-state index in [2.05, 4.69) is 15.9 Å². The minimum absolute atomic E-state index is 0.0707. The summed E-state index contributed by atoms with van der Waals surface area (Å²) in [5.74, 6) is 0.794. The summed E-state index contributed by atoms with van der Waals surface area (Å²) in [7, 11) is 2.93. The number of amides is 1. The molecule has 1 amide bonds. The van der Waals surface area contributed by atoms with Gasteiger partial charge in [-0.2, -0.15) is 0 Å². The molecule has 0 saturated carbocycles. The number of nitrogens with zero attached hydrogens (tertiary/aromatic N) is 1. The zero-order chi connectivity index (χ0) is 15.4. The van der Waals surface area contributed by atoms with Gasteiger partial charge in [-0.15, -0.1) is 0 Å². The number of hydrogen-bond acceptors (Lipinski definition) is 4. The Hall–Kier alpha value is -1.56. The van der Waals surface area contributed by atoms with Gasteiger partial charge in [0, 0.05) is 23.9 Å². The van der Waals surface area contributed by atoms with Gasteiger partial charge in [0.1, 0.15) is 5.75 Å². The van der Waals surface area contributed by atoms with Crippen LogP contribution in [0.2, 0.25) is 0 Å². The van der Waals surface area contributed by atoms with E-state index in [0.29, 0.717) is 25.8 Å².